The second-order valence-corrected chi connectivity index (χ2v) is 7.82. The first-order valence-electron chi connectivity index (χ1n) is 9.62. The lowest BCUT2D eigenvalue weighted by atomic mass is 9.84. The lowest BCUT2D eigenvalue weighted by molar-refractivity contribution is -0.116. The quantitative estimate of drug-likeness (QED) is 0.784. The molecule has 28 heavy (non-hydrogen) atoms. The second-order valence-electron chi connectivity index (χ2n) is 7.38. The van der Waals surface area contributed by atoms with Crippen molar-refractivity contribution >= 4 is 23.2 Å². The number of rotatable bonds is 6. The standard InChI is InChI=1S/C22H26ClFN2O2/c1-17(27)26(21-9-7-20(24)8-10-21)14-2-13-25-15-11-22(28,12-16-25)18-3-5-19(23)6-4-18/h3-10,28H,2,11-16H2,1H3. The van der Waals surface area contributed by atoms with Gasteiger partial charge in [-0.15, -0.1) is 0 Å². The molecule has 1 saturated heterocycles. The fourth-order valence-corrected chi connectivity index (χ4v) is 3.86. The molecular formula is C22H26ClFN2O2. The molecule has 1 fully saturated rings. The average Bonchev–Trinajstić information content (AvgIpc) is 2.68. The Kier molecular flexibility index (Phi) is 6.70. The van der Waals surface area contributed by atoms with Crippen molar-refractivity contribution in [2.24, 2.45) is 0 Å². The molecule has 3 rings (SSSR count). The number of benzene rings is 2. The first-order valence-corrected chi connectivity index (χ1v) is 10.00. The number of amides is 1. The largest absolute Gasteiger partial charge is 0.385 e. The van der Waals surface area contributed by atoms with Gasteiger partial charge >= 0.3 is 0 Å². The van der Waals surface area contributed by atoms with Gasteiger partial charge < -0.3 is 14.9 Å². The summed E-state index contributed by atoms with van der Waals surface area (Å²) < 4.78 is 13.1. The van der Waals surface area contributed by atoms with Gasteiger partial charge in [-0.3, -0.25) is 4.79 Å². The lowest BCUT2D eigenvalue weighted by Gasteiger charge is -2.38. The molecule has 2 aromatic carbocycles. The van der Waals surface area contributed by atoms with Gasteiger partial charge in [0, 0.05) is 37.3 Å². The van der Waals surface area contributed by atoms with E-state index in [4.69, 9.17) is 11.6 Å². The van der Waals surface area contributed by atoms with Gasteiger partial charge in [-0.25, -0.2) is 4.39 Å². The van der Waals surface area contributed by atoms with Crippen LogP contribution in [0.4, 0.5) is 10.1 Å². The number of hydrogen-bond donors (Lipinski definition) is 1. The van der Waals surface area contributed by atoms with Gasteiger partial charge in [0.1, 0.15) is 5.82 Å². The van der Waals surface area contributed by atoms with Crippen LogP contribution in [0.1, 0.15) is 31.7 Å². The average molecular weight is 405 g/mol. The fraction of sp³-hybridized carbons (Fsp3) is 0.409. The van der Waals surface area contributed by atoms with E-state index in [1.165, 1.54) is 19.1 Å². The van der Waals surface area contributed by atoms with Crippen LogP contribution in [0.2, 0.25) is 5.02 Å². The van der Waals surface area contributed by atoms with Gasteiger partial charge in [0.15, 0.2) is 0 Å². The number of piperidine rings is 1. The normalized spacial score (nSPS) is 16.7. The Bertz CT molecular complexity index is 787. The molecule has 150 valence electrons. The maximum atomic E-state index is 13.1. The molecule has 1 aliphatic rings. The topological polar surface area (TPSA) is 43.8 Å². The monoisotopic (exact) mass is 404 g/mol. The number of halogens is 2. The van der Waals surface area contributed by atoms with Gasteiger partial charge in [0.05, 0.1) is 5.60 Å². The predicted molar refractivity (Wildman–Crippen MR) is 110 cm³/mol. The van der Waals surface area contributed by atoms with Crippen LogP contribution in [0.3, 0.4) is 0 Å². The van der Waals surface area contributed by atoms with E-state index in [9.17, 15) is 14.3 Å². The molecule has 1 aliphatic heterocycles. The number of likely N-dealkylation sites (tertiary alicyclic amines) is 1. The van der Waals surface area contributed by atoms with Crippen LogP contribution in [0.5, 0.6) is 0 Å². The van der Waals surface area contributed by atoms with Crippen molar-refractivity contribution in [3.8, 4) is 0 Å². The summed E-state index contributed by atoms with van der Waals surface area (Å²) >= 11 is 5.94. The van der Waals surface area contributed by atoms with Crippen LogP contribution in [-0.2, 0) is 10.4 Å². The molecule has 0 atom stereocenters. The van der Waals surface area contributed by atoms with Crippen molar-refractivity contribution in [3.05, 3.63) is 64.9 Å². The fourth-order valence-electron chi connectivity index (χ4n) is 3.74. The Morgan fingerprint density at radius 2 is 1.75 bits per heavy atom. The van der Waals surface area contributed by atoms with Gasteiger partial charge in [-0.2, -0.15) is 0 Å². The highest BCUT2D eigenvalue weighted by Crippen LogP contribution is 2.33. The molecule has 6 heteroatoms. The number of carbonyl (C=O) groups excluding carboxylic acids is 1. The molecule has 1 amide bonds. The van der Waals surface area contributed by atoms with Crippen molar-refractivity contribution in [3.63, 3.8) is 0 Å². The summed E-state index contributed by atoms with van der Waals surface area (Å²) in [6, 6.07) is 13.4. The molecule has 0 bridgehead atoms. The van der Waals surface area contributed by atoms with Crippen molar-refractivity contribution in [1.82, 2.24) is 4.90 Å². The first kappa shape index (κ1) is 20.8. The van der Waals surface area contributed by atoms with Crippen molar-refractivity contribution in [1.29, 1.82) is 0 Å². The van der Waals surface area contributed by atoms with Gasteiger partial charge in [-0.05, 0) is 67.8 Å². The Hall–Kier alpha value is -1.95. The highest BCUT2D eigenvalue weighted by Gasteiger charge is 2.33. The van der Waals surface area contributed by atoms with E-state index >= 15 is 0 Å². The molecule has 2 aromatic rings. The van der Waals surface area contributed by atoms with E-state index in [1.54, 1.807) is 17.0 Å². The van der Waals surface area contributed by atoms with E-state index in [0.717, 1.165) is 31.6 Å². The molecule has 0 aliphatic carbocycles. The van der Waals surface area contributed by atoms with Crippen molar-refractivity contribution in [2.75, 3.05) is 31.1 Å². The Labute approximate surface area is 170 Å². The molecule has 1 heterocycles. The maximum Gasteiger partial charge on any atom is 0.223 e. The molecule has 4 nitrogen and oxygen atoms in total. The van der Waals surface area contributed by atoms with Crippen LogP contribution in [-0.4, -0.2) is 42.1 Å². The number of hydrogen-bond acceptors (Lipinski definition) is 3. The lowest BCUT2D eigenvalue weighted by Crippen LogP contribution is -2.43. The summed E-state index contributed by atoms with van der Waals surface area (Å²) in [5, 5.41) is 11.6. The maximum absolute atomic E-state index is 13.1. The summed E-state index contributed by atoms with van der Waals surface area (Å²) in [6.07, 6.45) is 2.16. The minimum absolute atomic E-state index is 0.0534. The summed E-state index contributed by atoms with van der Waals surface area (Å²) in [7, 11) is 0. The zero-order valence-corrected chi connectivity index (χ0v) is 16.8. The summed E-state index contributed by atoms with van der Waals surface area (Å²) in [4.78, 5) is 15.9. The minimum Gasteiger partial charge on any atom is -0.385 e. The second kappa shape index (κ2) is 9.03. The first-order chi connectivity index (χ1) is 13.4. The Balaban J connectivity index is 1.50. The zero-order chi connectivity index (χ0) is 20.1. The van der Waals surface area contributed by atoms with Crippen LogP contribution in [0.25, 0.3) is 0 Å². The van der Waals surface area contributed by atoms with Gasteiger partial charge in [0.25, 0.3) is 0 Å². The van der Waals surface area contributed by atoms with Crippen LogP contribution in [0.15, 0.2) is 48.5 Å². The van der Waals surface area contributed by atoms with E-state index in [0.29, 0.717) is 30.1 Å². The molecule has 0 radical (unpaired) electrons. The zero-order valence-electron chi connectivity index (χ0n) is 16.1. The summed E-state index contributed by atoms with van der Waals surface area (Å²) in [6.45, 7) is 4.56. The summed E-state index contributed by atoms with van der Waals surface area (Å²) in [5.74, 6) is -0.365. The van der Waals surface area contributed by atoms with Crippen LogP contribution >= 0.6 is 11.6 Å². The van der Waals surface area contributed by atoms with Crippen molar-refractivity contribution in [2.45, 2.75) is 31.8 Å². The van der Waals surface area contributed by atoms with Gasteiger partial charge in [-0.1, -0.05) is 23.7 Å². The highest BCUT2D eigenvalue weighted by atomic mass is 35.5. The number of aliphatic hydroxyl groups is 1. The SMILES string of the molecule is CC(=O)N(CCCN1CCC(O)(c2ccc(Cl)cc2)CC1)c1ccc(F)cc1. The molecule has 0 saturated carbocycles. The number of carbonyl (C=O) groups is 1. The molecule has 0 spiro atoms. The minimum atomic E-state index is -0.805. The van der Waals surface area contributed by atoms with Gasteiger partial charge in [0.2, 0.25) is 5.91 Å². The highest BCUT2D eigenvalue weighted by molar-refractivity contribution is 6.30. The Morgan fingerprint density at radius 3 is 2.32 bits per heavy atom. The number of nitrogens with zero attached hydrogens (tertiary/aromatic N) is 2. The van der Waals surface area contributed by atoms with E-state index in [1.807, 2.05) is 24.3 Å². The third kappa shape index (κ3) is 5.10. The summed E-state index contributed by atoms with van der Waals surface area (Å²) in [5.41, 5.74) is 0.820. The van der Waals surface area contributed by atoms with E-state index in [-0.39, 0.29) is 11.7 Å². The van der Waals surface area contributed by atoms with E-state index in [2.05, 4.69) is 4.90 Å². The Morgan fingerprint density at radius 1 is 1.14 bits per heavy atom. The third-order valence-corrected chi connectivity index (χ3v) is 5.69. The smallest absolute Gasteiger partial charge is 0.223 e. The van der Waals surface area contributed by atoms with Crippen molar-refractivity contribution < 1.29 is 14.3 Å². The molecule has 0 aromatic heterocycles. The predicted octanol–water partition coefficient (Wildman–Crippen LogP) is 4.21. The molecular weight excluding hydrogens is 379 g/mol. The third-order valence-electron chi connectivity index (χ3n) is 5.44. The molecule has 1 N–H and O–H groups in total. The molecule has 0 unspecified atom stereocenters. The van der Waals surface area contributed by atoms with E-state index < -0.39 is 5.60 Å². The number of anilines is 1. The van der Waals surface area contributed by atoms with Crippen LogP contribution in [0, 0.1) is 5.82 Å². The van der Waals surface area contributed by atoms with Crippen LogP contribution < -0.4 is 4.90 Å².